The number of rotatable bonds is 4. The summed E-state index contributed by atoms with van der Waals surface area (Å²) in [4.78, 5) is 25.0. The molecule has 2 aromatic heterocycles. The van der Waals surface area contributed by atoms with Gasteiger partial charge in [0.25, 0.3) is 0 Å². The Morgan fingerprint density at radius 2 is 1.76 bits per heavy atom. The molecule has 0 saturated heterocycles. The average Bonchev–Trinajstić information content (AvgIpc) is 3.01. The van der Waals surface area contributed by atoms with Gasteiger partial charge >= 0.3 is 5.69 Å². The first-order valence-corrected chi connectivity index (χ1v) is 9.80. The lowest BCUT2D eigenvalue weighted by Gasteiger charge is -2.04. The van der Waals surface area contributed by atoms with Crippen LogP contribution in [0.4, 0.5) is 5.69 Å². The molecule has 1 N–H and O–H groups in total. The Morgan fingerprint density at radius 3 is 2.48 bits per heavy atom. The van der Waals surface area contributed by atoms with Gasteiger partial charge in [-0.1, -0.05) is 28.1 Å². The molecule has 4 aromatic rings. The van der Waals surface area contributed by atoms with E-state index in [1.807, 2.05) is 50.2 Å². The summed E-state index contributed by atoms with van der Waals surface area (Å²) < 4.78 is 3.25. The normalized spacial score (nSPS) is 11.0. The minimum atomic E-state index is -0.461. The van der Waals surface area contributed by atoms with E-state index in [4.69, 9.17) is 0 Å². The number of benzene rings is 2. The van der Waals surface area contributed by atoms with Gasteiger partial charge in [-0.2, -0.15) is 9.61 Å². The van der Waals surface area contributed by atoms with Crippen molar-refractivity contribution in [1.82, 2.24) is 19.4 Å². The molecule has 7 nitrogen and oxygen atoms in total. The van der Waals surface area contributed by atoms with Gasteiger partial charge in [0, 0.05) is 15.7 Å². The number of nitrogens with zero attached hydrogens (tertiary/aromatic N) is 4. The number of carbonyl (C=O) groups is 1. The van der Waals surface area contributed by atoms with Crippen LogP contribution in [0, 0.1) is 13.8 Å². The van der Waals surface area contributed by atoms with E-state index in [1.54, 1.807) is 18.2 Å². The van der Waals surface area contributed by atoms with Crippen LogP contribution in [0.1, 0.15) is 11.1 Å². The van der Waals surface area contributed by atoms with Crippen LogP contribution >= 0.6 is 15.9 Å². The Morgan fingerprint density at radius 1 is 1.00 bits per heavy atom. The molecule has 0 aliphatic heterocycles. The van der Waals surface area contributed by atoms with Crippen LogP contribution in [-0.2, 0) is 11.3 Å². The van der Waals surface area contributed by atoms with Gasteiger partial charge in [0.2, 0.25) is 5.91 Å². The number of aryl methyl sites for hydroxylation is 2. The minimum Gasteiger partial charge on any atom is -0.324 e. The zero-order valence-corrected chi connectivity index (χ0v) is 17.5. The van der Waals surface area contributed by atoms with E-state index in [9.17, 15) is 9.59 Å². The Bertz CT molecular complexity index is 1270. The molecule has 0 atom stereocenters. The van der Waals surface area contributed by atoms with Crippen molar-refractivity contribution < 1.29 is 4.79 Å². The van der Waals surface area contributed by atoms with Crippen molar-refractivity contribution in [3.05, 3.63) is 80.7 Å². The first-order chi connectivity index (χ1) is 13.9. The van der Waals surface area contributed by atoms with Crippen molar-refractivity contribution in [3.63, 3.8) is 0 Å². The summed E-state index contributed by atoms with van der Waals surface area (Å²) in [5.41, 5.74) is 4.50. The second kappa shape index (κ2) is 7.63. The Labute approximate surface area is 175 Å². The van der Waals surface area contributed by atoms with E-state index in [1.165, 1.54) is 10.1 Å². The molecular weight excluding hydrogens is 434 g/mol. The Hall–Kier alpha value is -3.26. The third kappa shape index (κ3) is 3.97. The lowest BCUT2D eigenvalue weighted by atomic mass is 10.0. The number of anilines is 1. The molecule has 0 bridgehead atoms. The van der Waals surface area contributed by atoms with Crippen molar-refractivity contribution in [2.75, 3.05) is 5.32 Å². The number of fused-ring (bicyclic) bond motifs is 1. The van der Waals surface area contributed by atoms with Gasteiger partial charge in [-0.15, -0.1) is 5.10 Å². The van der Waals surface area contributed by atoms with Crippen molar-refractivity contribution in [1.29, 1.82) is 0 Å². The smallest absolute Gasteiger partial charge is 0.324 e. The van der Waals surface area contributed by atoms with Crippen molar-refractivity contribution in [3.8, 4) is 11.3 Å². The van der Waals surface area contributed by atoms with Crippen LogP contribution in [0.2, 0.25) is 0 Å². The van der Waals surface area contributed by atoms with E-state index in [2.05, 4.69) is 31.4 Å². The highest BCUT2D eigenvalue weighted by Crippen LogP contribution is 2.20. The molecule has 0 spiro atoms. The molecule has 1 amide bonds. The number of halogens is 1. The molecule has 0 aliphatic rings. The van der Waals surface area contributed by atoms with Crippen LogP contribution < -0.4 is 11.0 Å². The molecule has 2 aromatic carbocycles. The summed E-state index contributed by atoms with van der Waals surface area (Å²) in [5, 5.41) is 11.4. The molecule has 0 unspecified atom stereocenters. The number of hydrogen-bond donors (Lipinski definition) is 1. The summed E-state index contributed by atoms with van der Waals surface area (Å²) in [7, 11) is 0. The van der Waals surface area contributed by atoms with Crippen molar-refractivity contribution in [2.24, 2.45) is 0 Å². The highest BCUT2D eigenvalue weighted by molar-refractivity contribution is 9.10. The van der Waals surface area contributed by atoms with Crippen LogP contribution in [0.25, 0.3) is 16.9 Å². The second-order valence-electron chi connectivity index (χ2n) is 6.78. The molecule has 146 valence electrons. The fourth-order valence-corrected chi connectivity index (χ4v) is 3.20. The lowest BCUT2D eigenvalue weighted by molar-refractivity contribution is -0.117. The molecule has 8 heteroatoms. The van der Waals surface area contributed by atoms with Crippen LogP contribution in [-0.4, -0.2) is 25.3 Å². The summed E-state index contributed by atoms with van der Waals surface area (Å²) in [6, 6.07) is 16.8. The molecule has 29 heavy (non-hydrogen) atoms. The van der Waals surface area contributed by atoms with E-state index >= 15 is 0 Å². The van der Waals surface area contributed by atoms with Gasteiger partial charge in [-0.05, 0) is 67.4 Å². The number of hydrogen-bond acceptors (Lipinski definition) is 4. The predicted octanol–water partition coefficient (Wildman–Crippen LogP) is 3.58. The molecule has 0 radical (unpaired) electrons. The fraction of sp³-hybridized carbons (Fsp3) is 0.143. The zero-order chi connectivity index (χ0) is 20.5. The highest BCUT2D eigenvalue weighted by Gasteiger charge is 2.13. The van der Waals surface area contributed by atoms with Crippen LogP contribution in [0.3, 0.4) is 0 Å². The van der Waals surface area contributed by atoms with Gasteiger partial charge in [-0.3, -0.25) is 4.79 Å². The second-order valence-corrected chi connectivity index (χ2v) is 7.70. The Kier molecular flexibility index (Phi) is 5.02. The van der Waals surface area contributed by atoms with Crippen molar-refractivity contribution >= 4 is 33.2 Å². The average molecular weight is 452 g/mol. The molecule has 0 fully saturated rings. The van der Waals surface area contributed by atoms with Crippen LogP contribution in [0.5, 0.6) is 0 Å². The summed E-state index contributed by atoms with van der Waals surface area (Å²) in [5.74, 6) is -0.341. The maximum Gasteiger partial charge on any atom is 0.367 e. The fourth-order valence-electron chi connectivity index (χ4n) is 2.94. The third-order valence-corrected chi connectivity index (χ3v) is 5.19. The number of amides is 1. The van der Waals surface area contributed by atoms with E-state index in [-0.39, 0.29) is 12.5 Å². The lowest BCUT2D eigenvalue weighted by Crippen LogP contribution is -2.28. The molecule has 4 rings (SSSR count). The minimum absolute atomic E-state index is 0.197. The first-order valence-electron chi connectivity index (χ1n) is 9.01. The van der Waals surface area contributed by atoms with Gasteiger partial charge in [-0.25, -0.2) is 9.48 Å². The summed E-state index contributed by atoms with van der Waals surface area (Å²) in [6.45, 7) is 3.88. The van der Waals surface area contributed by atoms with Gasteiger partial charge in [0.1, 0.15) is 6.54 Å². The highest BCUT2D eigenvalue weighted by atomic mass is 79.9. The summed E-state index contributed by atoms with van der Waals surface area (Å²) in [6.07, 6.45) is 0. The largest absolute Gasteiger partial charge is 0.367 e. The number of carbonyl (C=O) groups excluding carboxylic acids is 1. The maximum absolute atomic E-state index is 12.7. The van der Waals surface area contributed by atoms with E-state index in [0.717, 1.165) is 20.3 Å². The predicted molar refractivity (Wildman–Crippen MR) is 115 cm³/mol. The van der Waals surface area contributed by atoms with Crippen molar-refractivity contribution in [2.45, 2.75) is 20.4 Å². The monoisotopic (exact) mass is 451 g/mol. The van der Waals surface area contributed by atoms with Gasteiger partial charge in [0.15, 0.2) is 5.65 Å². The standard InChI is InChI=1S/C21H18BrN5O2/c1-13-3-4-15(11-14(13)2)18-9-10-19-25-26(21(29)27(19)24-18)12-20(28)23-17-7-5-16(22)6-8-17/h3-11H,12H2,1-2H3,(H,23,28). The first kappa shape index (κ1) is 19.1. The quantitative estimate of drug-likeness (QED) is 0.514. The molecule has 2 heterocycles. The van der Waals surface area contributed by atoms with E-state index in [0.29, 0.717) is 17.0 Å². The zero-order valence-electron chi connectivity index (χ0n) is 15.9. The van der Waals surface area contributed by atoms with Gasteiger partial charge < -0.3 is 5.32 Å². The number of aromatic nitrogens is 4. The maximum atomic E-state index is 12.7. The van der Waals surface area contributed by atoms with Crippen LogP contribution in [0.15, 0.2) is 63.9 Å². The summed E-state index contributed by atoms with van der Waals surface area (Å²) >= 11 is 3.35. The molecular formula is C21H18BrN5O2. The SMILES string of the molecule is Cc1ccc(-c2ccc3nn(CC(=O)Nc4ccc(Br)cc4)c(=O)n3n2)cc1C. The topological polar surface area (TPSA) is 81.3 Å². The number of nitrogens with one attached hydrogen (secondary N) is 1. The molecule has 0 aliphatic carbocycles. The van der Waals surface area contributed by atoms with E-state index < -0.39 is 5.69 Å². The Balaban J connectivity index is 1.60. The van der Waals surface area contributed by atoms with Gasteiger partial charge in [0.05, 0.1) is 5.69 Å². The third-order valence-electron chi connectivity index (χ3n) is 4.66. The molecule has 0 saturated carbocycles.